The number of amides is 1. The van der Waals surface area contributed by atoms with Crippen molar-refractivity contribution in [3.05, 3.63) is 53.3 Å². The Hall–Kier alpha value is -2.89. The summed E-state index contributed by atoms with van der Waals surface area (Å²) in [5, 5.41) is 2.68. The number of anilines is 1. The van der Waals surface area contributed by atoms with Gasteiger partial charge in [0.15, 0.2) is 12.4 Å². The van der Waals surface area contributed by atoms with E-state index >= 15 is 0 Å². The molecule has 0 aliphatic carbocycles. The molecule has 0 aliphatic heterocycles. The van der Waals surface area contributed by atoms with E-state index in [0.717, 1.165) is 0 Å². The van der Waals surface area contributed by atoms with Gasteiger partial charge >= 0.3 is 5.97 Å². The number of rotatable bonds is 6. The quantitative estimate of drug-likeness (QED) is 0.646. The predicted molar refractivity (Wildman–Crippen MR) is 94.9 cm³/mol. The smallest absolute Gasteiger partial charge is 0.355 e. The fourth-order valence-corrected chi connectivity index (χ4v) is 2.31. The van der Waals surface area contributed by atoms with Gasteiger partial charge in [-0.1, -0.05) is 26.0 Å². The summed E-state index contributed by atoms with van der Waals surface area (Å²) in [6.45, 7) is 5.20. The summed E-state index contributed by atoms with van der Waals surface area (Å²) in [7, 11) is 1.64. The SMILES string of the molecule is CC(=O)c1cc(C(=O)OCC(=O)Nc2ccc(C(C)C)cc2)n(C)c1. The molecule has 0 aliphatic rings. The number of hydrogen-bond acceptors (Lipinski definition) is 4. The van der Waals surface area contributed by atoms with Crippen LogP contribution in [-0.2, 0) is 16.6 Å². The highest BCUT2D eigenvalue weighted by Crippen LogP contribution is 2.17. The number of esters is 1. The molecule has 1 heterocycles. The second kappa shape index (κ2) is 7.79. The van der Waals surface area contributed by atoms with Crippen LogP contribution in [0.4, 0.5) is 5.69 Å². The molecule has 0 atom stereocenters. The molecule has 0 radical (unpaired) electrons. The molecule has 6 heteroatoms. The number of carbonyl (C=O) groups excluding carboxylic acids is 3. The molecular formula is C19H22N2O4. The van der Waals surface area contributed by atoms with Crippen LogP contribution in [0.3, 0.4) is 0 Å². The average molecular weight is 342 g/mol. The topological polar surface area (TPSA) is 77.4 Å². The van der Waals surface area contributed by atoms with Crippen LogP contribution in [0.5, 0.6) is 0 Å². The van der Waals surface area contributed by atoms with Gasteiger partial charge in [0.05, 0.1) is 0 Å². The summed E-state index contributed by atoms with van der Waals surface area (Å²) in [4.78, 5) is 35.3. The summed E-state index contributed by atoms with van der Waals surface area (Å²) in [6, 6.07) is 8.96. The Morgan fingerprint density at radius 3 is 2.32 bits per heavy atom. The van der Waals surface area contributed by atoms with Crippen LogP contribution in [-0.4, -0.2) is 28.8 Å². The zero-order valence-corrected chi connectivity index (χ0v) is 14.8. The molecule has 25 heavy (non-hydrogen) atoms. The standard InChI is InChI=1S/C19H22N2O4/c1-12(2)14-5-7-16(8-6-14)20-18(23)11-25-19(24)17-9-15(13(3)22)10-21(17)4/h5-10,12H,11H2,1-4H3,(H,20,23). The first-order chi connectivity index (χ1) is 11.8. The predicted octanol–water partition coefficient (Wildman–Crippen LogP) is 3.15. The molecular weight excluding hydrogens is 320 g/mol. The van der Waals surface area contributed by atoms with E-state index in [1.807, 2.05) is 24.3 Å². The normalized spacial score (nSPS) is 10.6. The lowest BCUT2D eigenvalue weighted by Gasteiger charge is -2.09. The van der Waals surface area contributed by atoms with Crippen molar-refractivity contribution in [3.63, 3.8) is 0 Å². The van der Waals surface area contributed by atoms with E-state index in [-0.39, 0.29) is 11.5 Å². The summed E-state index contributed by atoms with van der Waals surface area (Å²) < 4.78 is 6.52. The minimum absolute atomic E-state index is 0.141. The maximum absolute atomic E-state index is 12.0. The van der Waals surface area contributed by atoms with Gasteiger partial charge in [-0.15, -0.1) is 0 Å². The Bertz CT molecular complexity index is 788. The van der Waals surface area contributed by atoms with Crippen LogP contribution in [0.2, 0.25) is 0 Å². The van der Waals surface area contributed by atoms with Crippen molar-refractivity contribution < 1.29 is 19.1 Å². The Labute approximate surface area is 146 Å². The minimum Gasteiger partial charge on any atom is -0.451 e. The maximum Gasteiger partial charge on any atom is 0.355 e. The second-order valence-corrected chi connectivity index (χ2v) is 6.18. The molecule has 132 valence electrons. The van der Waals surface area contributed by atoms with Crippen molar-refractivity contribution in [3.8, 4) is 0 Å². The van der Waals surface area contributed by atoms with Crippen molar-refractivity contribution in [1.82, 2.24) is 4.57 Å². The van der Waals surface area contributed by atoms with Crippen molar-refractivity contribution in [2.24, 2.45) is 7.05 Å². The number of aromatic nitrogens is 1. The Balaban J connectivity index is 1.91. The van der Waals surface area contributed by atoms with Crippen molar-refractivity contribution in [2.75, 3.05) is 11.9 Å². The lowest BCUT2D eigenvalue weighted by atomic mass is 10.0. The van der Waals surface area contributed by atoms with E-state index < -0.39 is 18.5 Å². The molecule has 6 nitrogen and oxygen atoms in total. The summed E-state index contributed by atoms with van der Waals surface area (Å²) in [5.74, 6) is -0.805. The van der Waals surface area contributed by atoms with E-state index in [1.54, 1.807) is 13.2 Å². The zero-order valence-electron chi connectivity index (χ0n) is 14.8. The number of hydrogen-bond donors (Lipinski definition) is 1. The molecule has 1 aromatic carbocycles. The number of Topliss-reactive ketones (excluding diaryl/α,β-unsaturated/α-hetero) is 1. The monoisotopic (exact) mass is 342 g/mol. The Kier molecular flexibility index (Phi) is 5.75. The zero-order chi connectivity index (χ0) is 18.6. The van der Waals surface area contributed by atoms with E-state index in [1.165, 1.54) is 23.1 Å². The molecule has 2 rings (SSSR count). The van der Waals surface area contributed by atoms with E-state index in [0.29, 0.717) is 17.2 Å². The molecule has 0 fully saturated rings. The third-order valence-electron chi connectivity index (χ3n) is 3.82. The Morgan fingerprint density at radius 1 is 1.16 bits per heavy atom. The molecule has 0 saturated heterocycles. The highest BCUT2D eigenvalue weighted by Gasteiger charge is 2.16. The van der Waals surface area contributed by atoms with Crippen LogP contribution in [0.1, 0.15) is 53.1 Å². The van der Waals surface area contributed by atoms with Gasteiger partial charge in [-0.2, -0.15) is 0 Å². The van der Waals surface area contributed by atoms with Gasteiger partial charge in [0.25, 0.3) is 5.91 Å². The average Bonchev–Trinajstić information content (AvgIpc) is 2.95. The number of nitrogens with one attached hydrogen (secondary N) is 1. The summed E-state index contributed by atoms with van der Waals surface area (Å²) in [5.41, 5.74) is 2.46. The molecule has 1 N–H and O–H groups in total. The number of ketones is 1. The van der Waals surface area contributed by atoms with Gasteiger partial charge < -0.3 is 14.6 Å². The van der Waals surface area contributed by atoms with E-state index in [9.17, 15) is 14.4 Å². The molecule has 0 spiro atoms. The first-order valence-electron chi connectivity index (χ1n) is 8.02. The summed E-state index contributed by atoms with van der Waals surface area (Å²) in [6.07, 6.45) is 1.55. The summed E-state index contributed by atoms with van der Waals surface area (Å²) >= 11 is 0. The molecule has 0 bridgehead atoms. The number of carbonyl (C=O) groups is 3. The first kappa shape index (κ1) is 18.4. The van der Waals surface area contributed by atoms with Crippen LogP contribution in [0, 0.1) is 0 Å². The van der Waals surface area contributed by atoms with Gasteiger partial charge in [-0.05, 0) is 36.6 Å². The van der Waals surface area contributed by atoms with Gasteiger partial charge in [0, 0.05) is 24.5 Å². The molecule has 2 aromatic rings. The second-order valence-electron chi connectivity index (χ2n) is 6.18. The number of benzene rings is 1. The van der Waals surface area contributed by atoms with Gasteiger partial charge in [0.2, 0.25) is 0 Å². The number of ether oxygens (including phenoxy) is 1. The van der Waals surface area contributed by atoms with Crippen molar-refractivity contribution in [2.45, 2.75) is 26.7 Å². The first-order valence-corrected chi connectivity index (χ1v) is 8.02. The van der Waals surface area contributed by atoms with Crippen LogP contribution < -0.4 is 5.32 Å². The van der Waals surface area contributed by atoms with Gasteiger partial charge in [0.1, 0.15) is 5.69 Å². The Morgan fingerprint density at radius 2 is 1.80 bits per heavy atom. The van der Waals surface area contributed by atoms with Crippen molar-refractivity contribution in [1.29, 1.82) is 0 Å². The minimum atomic E-state index is -0.652. The highest BCUT2D eigenvalue weighted by molar-refractivity contribution is 5.98. The highest BCUT2D eigenvalue weighted by atomic mass is 16.5. The van der Waals surface area contributed by atoms with Gasteiger partial charge in [-0.25, -0.2) is 4.79 Å². The van der Waals surface area contributed by atoms with Crippen molar-refractivity contribution >= 4 is 23.3 Å². The third kappa shape index (κ3) is 4.79. The van der Waals surface area contributed by atoms with Crippen LogP contribution >= 0.6 is 0 Å². The molecule has 0 unspecified atom stereocenters. The van der Waals surface area contributed by atoms with E-state index in [4.69, 9.17) is 4.74 Å². The molecule has 1 amide bonds. The van der Waals surface area contributed by atoms with Gasteiger partial charge in [-0.3, -0.25) is 9.59 Å². The van der Waals surface area contributed by atoms with Crippen LogP contribution in [0.25, 0.3) is 0 Å². The fourth-order valence-electron chi connectivity index (χ4n) is 2.31. The maximum atomic E-state index is 12.0. The molecule has 1 aromatic heterocycles. The lowest BCUT2D eigenvalue weighted by Crippen LogP contribution is -2.21. The third-order valence-corrected chi connectivity index (χ3v) is 3.82. The lowest BCUT2D eigenvalue weighted by molar-refractivity contribution is -0.119. The fraction of sp³-hybridized carbons (Fsp3) is 0.316. The van der Waals surface area contributed by atoms with Crippen LogP contribution in [0.15, 0.2) is 36.5 Å². The van der Waals surface area contributed by atoms with E-state index in [2.05, 4.69) is 19.2 Å². The largest absolute Gasteiger partial charge is 0.451 e. The number of nitrogens with zero attached hydrogens (tertiary/aromatic N) is 1. The number of aryl methyl sites for hydroxylation is 1. The molecule has 0 saturated carbocycles.